The van der Waals surface area contributed by atoms with Gasteiger partial charge in [0.25, 0.3) is 5.91 Å². The average Bonchev–Trinajstić information content (AvgIpc) is 3.22. The summed E-state index contributed by atoms with van der Waals surface area (Å²) in [4.78, 5) is 41.8. The molecule has 1 N–H and O–H groups in total. The van der Waals surface area contributed by atoms with E-state index in [0.29, 0.717) is 64.7 Å². The Morgan fingerprint density at radius 1 is 1.09 bits per heavy atom. The van der Waals surface area contributed by atoms with Gasteiger partial charge in [0.15, 0.2) is 5.69 Å². The number of nitrogens with zero attached hydrogens (tertiary/aromatic N) is 4. The van der Waals surface area contributed by atoms with Gasteiger partial charge in [-0.25, -0.2) is 0 Å². The molecule has 0 aliphatic carbocycles. The van der Waals surface area contributed by atoms with Crippen molar-refractivity contribution < 1.29 is 23.9 Å². The van der Waals surface area contributed by atoms with Crippen LogP contribution in [0.3, 0.4) is 0 Å². The highest BCUT2D eigenvalue weighted by molar-refractivity contribution is 5.94. The summed E-state index contributed by atoms with van der Waals surface area (Å²) in [6, 6.07) is 7.57. The third kappa shape index (κ3) is 5.82. The molecule has 2 aromatic rings. The highest BCUT2D eigenvalue weighted by Gasteiger charge is 2.31. The predicted octanol–water partition coefficient (Wildman–Crippen LogP) is 1.27. The fraction of sp³-hybridized carbons (Fsp3) is 0.520. The summed E-state index contributed by atoms with van der Waals surface area (Å²) in [7, 11) is 1.83. The number of morpholine rings is 1. The number of fused-ring (bicyclic) bond motifs is 1. The van der Waals surface area contributed by atoms with Gasteiger partial charge in [-0.2, -0.15) is 5.10 Å². The van der Waals surface area contributed by atoms with Gasteiger partial charge in [0.1, 0.15) is 5.75 Å². The molecule has 1 fully saturated rings. The van der Waals surface area contributed by atoms with Gasteiger partial charge in [0, 0.05) is 75.9 Å². The Morgan fingerprint density at radius 2 is 1.86 bits per heavy atom. The third-order valence-corrected chi connectivity index (χ3v) is 6.41. The number of benzene rings is 1. The Labute approximate surface area is 205 Å². The van der Waals surface area contributed by atoms with Crippen LogP contribution in [0, 0.1) is 0 Å². The molecule has 0 atom stereocenters. The van der Waals surface area contributed by atoms with Crippen LogP contribution in [0.25, 0.3) is 0 Å². The van der Waals surface area contributed by atoms with Crippen molar-refractivity contribution in [1.29, 1.82) is 0 Å². The van der Waals surface area contributed by atoms with E-state index >= 15 is 0 Å². The van der Waals surface area contributed by atoms with Gasteiger partial charge in [-0.15, -0.1) is 0 Å². The molecule has 4 rings (SSSR count). The minimum Gasteiger partial charge on any atom is -0.494 e. The molecule has 0 spiro atoms. The lowest BCUT2D eigenvalue weighted by Crippen LogP contribution is -2.42. The monoisotopic (exact) mass is 483 g/mol. The van der Waals surface area contributed by atoms with Crippen molar-refractivity contribution in [3.63, 3.8) is 0 Å². The molecule has 1 aromatic carbocycles. The lowest BCUT2D eigenvalue weighted by atomic mass is 10.0. The zero-order valence-electron chi connectivity index (χ0n) is 20.4. The van der Waals surface area contributed by atoms with Gasteiger partial charge in [-0.1, -0.05) is 18.2 Å². The standard InChI is InChI=1S/C25H33N5O5/c1-3-35-21-7-5-4-6-18(21)16-26-22(31)8-9-23(32)30-11-10-20-19(17-30)24(27-28(20)2)25(33)29-12-14-34-15-13-29/h4-7H,3,8-17H2,1-2H3,(H,26,31). The molecule has 1 aromatic heterocycles. The van der Waals surface area contributed by atoms with Gasteiger partial charge in [-0.05, 0) is 13.0 Å². The van der Waals surface area contributed by atoms with Crippen molar-refractivity contribution in [1.82, 2.24) is 24.9 Å². The second-order valence-electron chi connectivity index (χ2n) is 8.68. The van der Waals surface area contributed by atoms with Crippen LogP contribution >= 0.6 is 0 Å². The zero-order valence-corrected chi connectivity index (χ0v) is 20.4. The lowest BCUT2D eigenvalue weighted by molar-refractivity contribution is -0.134. The molecule has 3 amide bonds. The molecular weight excluding hydrogens is 450 g/mol. The summed E-state index contributed by atoms with van der Waals surface area (Å²) in [5, 5.41) is 7.35. The number of amides is 3. The van der Waals surface area contributed by atoms with Crippen LogP contribution in [0.2, 0.25) is 0 Å². The molecule has 10 nitrogen and oxygen atoms in total. The Balaban J connectivity index is 1.32. The van der Waals surface area contributed by atoms with Crippen molar-refractivity contribution >= 4 is 17.7 Å². The molecule has 2 aliphatic heterocycles. The van der Waals surface area contributed by atoms with Crippen LogP contribution in [-0.4, -0.2) is 76.8 Å². The first-order valence-electron chi connectivity index (χ1n) is 12.1. The van der Waals surface area contributed by atoms with E-state index in [2.05, 4.69) is 10.4 Å². The molecule has 10 heteroatoms. The Hall–Kier alpha value is -3.40. The average molecular weight is 484 g/mol. The van der Waals surface area contributed by atoms with E-state index in [1.165, 1.54) is 0 Å². The fourth-order valence-corrected chi connectivity index (χ4v) is 4.50. The lowest BCUT2D eigenvalue weighted by Gasteiger charge is -2.29. The van der Waals surface area contributed by atoms with E-state index in [0.717, 1.165) is 22.6 Å². The van der Waals surface area contributed by atoms with E-state index in [1.54, 1.807) is 14.5 Å². The minimum atomic E-state index is -0.188. The summed E-state index contributed by atoms with van der Waals surface area (Å²) in [6.07, 6.45) is 0.842. The number of para-hydroxylation sites is 1. The minimum absolute atomic E-state index is 0.103. The number of hydrogen-bond acceptors (Lipinski definition) is 6. The van der Waals surface area contributed by atoms with Crippen LogP contribution in [-0.2, 0) is 40.9 Å². The number of hydrogen-bond donors (Lipinski definition) is 1. The molecule has 2 aliphatic rings. The van der Waals surface area contributed by atoms with E-state index in [1.807, 2.05) is 38.2 Å². The van der Waals surface area contributed by atoms with Gasteiger partial charge in [-0.3, -0.25) is 19.1 Å². The first-order valence-corrected chi connectivity index (χ1v) is 12.1. The number of nitrogens with one attached hydrogen (secondary N) is 1. The molecule has 1 saturated heterocycles. The number of aromatic nitrogens is 2. The smallest absolute Gasteiger partial charge is 0.274 e. The normalized spacial score (nSPS) is 15.5. The Bertz CT molecular complexity index is 1080. The third-order valence-electron chi connectivity index (χ3n) is 6.41. The summed E-state index contributed by atoms with van der Waals surface area (Å²) < 4.78 is 12.7. The second kappa shape index (κ2) is 11.4. The predicted molar refractivity (Wildman–Crippen MR) is 128 cm³/mol. The van der Waals surface area contributed by atoms with Crippen LogP contribution < -0.4 is 10.1 Å². The highest BCUT2D eigenvalue weighted by atomic mass is 16.5. The maximum atomic E-state index is 13.1. The number of carbonyl (C=O) groups excluding carboxylic acids is 3. The van der Waals surface area contributed by atoms with Gasteiger partial charge >= 0.3 is 0 Å². The zero-order chi connectivity index (χ0) is 24.8. The van der Waals surface area contributed by atoms with Crippen molar-refractivity contribution in [2.75, 3.05) is 39.5 Å². The summed E-state index contributed by atoms with van der Waals surface area (Å²) in [6.45, 7) is 5.80. The van der Waals surface area contributed by atoms with E-state index in [4.69, 9.17) is 9.47 Å². The first-order chi connectivity index (χ1) is 17.0. The van der Waals surface area contributed by atoms with Crippen molar-refractivity contribution in [2.24, 2.45) is 7.05 Å². The van der Waals surface area contributed by atoms with Crippen molar-refractivity contribution in [3.05, 3.63) is 46.8 Å². The van der Waals surface area contributed by atoms with E-state index in [9.17, 15) is 14.4 Å². The van der Waals surface area contributed by atoms with Crippen LogP contribution in [0.1, 0.15) is 47.1 Å². The second-order valence-corrected chi connectivity index (χ2v) is 8.68. The number of aryl methyl sites for hydroxylation is 1. The van der Waals surface area contributed by atoms with E-state index < -0.39 is 0 Å². The molecule has 0 bridgehead atoms. The van der Waals surface area contributed by atoms with Crippen LogP contribution in [0.5, 0.6) is 5.75 Å². The number of carbonyl (C=O) groups is 3. The van der Waals surface area contributed by atoms with Crippen LogP contribution in [0.15, 0.2) is 24.3 Å². The van der Waals surface area contributed by atoms with E-state index in [-0.39, 0.29) is 30.6 Å². The van der Waals surface area contributed by atoms with Crippen molar-refractivity contribution in [3.8, 4) is 5.75 Å². The fourth-order valence-electron chi connectivity index (χ4n) is 4.50. The highest BCUT2D eigenvalue weighted by Crippen LogP contribution is 2.24. The maximum absolute atomic E-state index is 13.1. The quantitative estimate of drug-likeness (QED) is 0.606. The number of rotatable bonds is 8. The summed E-state index contributed by atoms with van der Waals surface area (Å²) >= 11 is 0. The number of ether oxygens (including phenoxy) is 2. The van der Waals surface area contributed by atoms with Crippen molar-refractivity contribution in [2.45, 2.75) is 39.3 Å². The maximum Gasteiger partial charge on any atom is 0.274 e. The first kappa shape index (κ1) is 24.7. The van der Waals surface area contributed by atoms with Crippen LogP contribution in [0.4, 0.5) is 0 Å². The molecule has 35 heavy (non-hydrogen) atoms. The molecule has 0 saturated carbocycles. The Morgan fingerprint density at radius 3 is 2.63 bits per heavy atom. The summed E-state index contributed by atoms with van der Waals surface area (Å²) in [5.41, 5.74) is 3.09. The topological polar surface area (TPSA) is 106 Å². The van der Waals surface area contributed by atoms with Gasteiger partial charge in [0.05, 0.1) is 19.8 Å². The van der Waals surface area contributed by atoms with Gasteiger partial charge in [0.2, 0.25) is 11.8 Å². The SMILES string of the molecule is CCOc1ccccc1CNC(=O)CCC(=O)N1CCc2c(c(C(=O)N3CCOCC3)nn2C)C1. The summed E-state index contributed by atoms with van der Waals surface area (Å²) in [5.74, 6) is 0.335. The largest absolute Gasteiger partial charge is 0.494 e. The Kier molecular flexibility index (Phi) is 8.02. The molecule has 0 radical (unpaired) electrons. The molecular formula is C25H33N5O5. The molecule has 3 heterocycles. The van der Waals surface area contributed by atoms with Gasteiger partial charge < -0.3 is 24.6 Å². The molecule has 188 valence electrons. The molecule has 0 unspecified atom stereocenters.